The molecule has 3 N–H and O–H groups in total. The summed E-state index contributed by atoms with van der Waals surface area (Å²) in [6, 6.07) is -0.352. The molecule has 0 spiro atoms. The maximum atomic E-state index is 11.2. The van der Waals surface area contributed by atoms with Crippen LogP contribution in [-0.4, -0.2) is 45.9 Å². The predicted octanol–water partition coefficient (Wildman–Crippen LogP) is 0.165. The van der Waals surface area contributed by atoms with E-state index in [4.69, 9.17) is 5.11 Å². The summed E-state index contributed by atoms with van der Waals surface area (Å²) in [6.45, 7) is 4.25. The lowest BCUT2D eigenvalue weighted by Gasteiger charge is -2.11. The Hall–Kier alpha value is -1.11. The van der Waals surface area contributed by atoms with Crippen LogP contribution in [0, 0.1) is 5.92 Å². The predicted molar refractivity (Wildman–Crippen MR) is 66.4 cm³/mol. The lowest BCUT2D eigenvalue weighted by molar-refractivity contribution is -0.137. The van der Waals surface area contributed by atoms with Gasteiger partial charge in [0.2, 0.25) is 0 Å². The van der Waals surface area contributed by atoms with Gasteiger partial charge in [-0.3, -0.25) is 9.00 Å². The lowest BCUT2D eigenvalue weighted by atomic mass is 10.1. The van der Waals surface area contributed by atoms with Crippen LogP contribution in [-0.2, 0) is 15.6 Å². The van der Waals surface area contributed by atoms with Crippen molar-refractivity contribution in [1.82, 2.24) is 10.6 Å². The van der Waals surface area contributed by atoms with Gasteiger partial charge in [0.1, 0.15) is 0 Å². The summed E-state index contributed by atoms with van der Waals surface area (Å²) in [4.78, 5) is 21.6. The van der Waals surface area contributed by atoms with Crippen molar-refractivity contribution in [1.29, 1.82) is 0 Å². The average molecular weight is 264 g/mol. The average Bonchev–Trinajstić information content (AvgIpc) is 2.25. The minimum absolute atomic E-state index is 0.0279. The minimum Gasteiger partial charge on any atom is -0.481 e. The number of carbonyl (C=O) groups excluding carboxylic acids is 1. The molecule has 0 radical (unpaired) electrons. The maximum Gasteiger partial charge on any atom is 0.314 e. The first-order chi connectivity index (χ1) is 7.95. The van der Waals surface area contributed by atoms with Crippen molar-refractivity contribution in [2.45, 2.75) is 20.3 Å². The van der Waals surface area contributed by atoms with Gasteiger partial charge >= 0.3 is 12.0 Å². The molecule has 0 bridgehead atoms. The van der Waals surface area contributed by atoms with E-state index in [-0.39, 0.29) is 18.4 Å². The number of urea groups is 1. The van der Waals surface area contributed by atoms with Gasteiger partial charge in [0.25, 0.3) is 0 Å². The van der Waals surface area contributed by atoms with Gasteiger partial charge in [-0.15, -0.1) is 0 Å². The number of hydrogen-bond acceptors (Lipinski definition) is 3. The number of nitrogens with one attached hydrogen (secondary N) is 2. The Kier molecular flexibility index (Phi) is 8.39. The Morgan fingerprint density at radius 1 is 1.35 bits per heavy atom. The molecule has 0 aromatic heterocycles. The van der Waals surface area contributed by atoms with Gasteiger partial charge in [0.05, 0.1) is 0 Å². The zero-order valence-corrected chi connectivity index (χ0v) is 11.0. The van der Waals surface area contributed by atoms with Gasteiger partial charge in [-0.25, -0.2) is 4.79 Å². The topological polar surface area (TPSA) is 95.5 Å². The SMILES string of the molecule is CCS(=O)CCNC(=O)NCC(C)CC(=O)O. The smallest absolute Gasteiger partial charge is 0.314 e. The van der Waals surface area contributed by atoms with E-state index in [1.54, 1.807) is 6.92 Å². The molecular formula is C10H20N2O4S. The number of amides is 2. The zero-order valence-electron chi connectivity index (χ0n) is 10.2. The molecule has 100 valence electrons. The van der Waals surface area contributed by atoms with E-state index >= 15 is 0 Å². The summed E-state index contributed by atoms with van der Waals surface area (Å²) in [5, 5.41) is 13.6. The molecular weight excluding hydrogens is 244 g/mol. The van der Waals surface area contributed by atoms with Crippen LogP contribution in [0.3, 0.4) is 0 Å². The molecule has 2 amide bonds. The minimum atomic E-state index is -0.884. The summed E-state index contributed by atoms with van der Waals surface area (Å²) >= 11 is 0. The van der Waals surface area contributed by atoms with Crippen LogP contribution in [0.5, 0.6) is 0 Å². The van der Waals surface area contributed by atoms with E-state index in [0.29, 0.717) is 24.6 Å². The van der Waals surface area contributed by atoms with Crippen LogP contribution >= 0.6 is 0 Å². The zero-order chi connectivity index (χ0) is 13.3. The quantitative estimate of drug-likeness (QED) is 0.582. The van der Waals surface area contributed by atoms with Crippen LogP contribution in [0.15, 0.2) is 0 Å². The molecule has 6 nitrogen and oxygen atoms in total. The summed E-state index contributed by atoms with van der Waals surface area (Å²) in [5.41, 5.74) is 0. The molecule has 0 aliphatic carbocycles. The van der Waals surface area contributed by atoms with E-state index in [1.165, 1.54) is 0 Å². The van der Waals surface area contributed by atoms with E-state index in [2.05, 4.69) is 10.6 Å². The molecule has 7 heteroatoms. The first-order valence-electron chi connectivity index (χ1n) is 5.54. The van der Waals surface area contributed by atoms with E-state index in [9.17, 15) is 13.8 Å². The second kappa shape index (κ2) is 8.98. The first-order valence-corrected chi connectivity index (χ1v) is 7.03. The van der Waals surface area contributed by atoms with Gasteiger partial charge in [0, 0.05) is 41.8 Å². The third kappa shape index (κ3) is 9.80. The normalized spacial score (nSPS) is 13.8. The highest BCUT2D eigenvalue weighted by Crippen LogP contribution is 1.98. The van der Waals surface area contributed by atoms with Crippen molar-refractivity contribution in [3.8, 4) is 0 Å². The molecule has 17 heavy (non-hydrogen) atoms. The highest BCUT2D eigenvalue weighted by molar-refractivity contribution is 7.84. The van der Waals surface area contributed by atoms with Gasteiger partial charge in [-0.05, 0) is 5.92 Å². The molecule has 0 aliphatic rings. The number of rotatable bonds is 8. The molecule has 0 heterocycles. The standard InChI is InChI=1S/C10H20N2O4S/c1-3-17(16)5-4-11-10(15)12-7-8(2)6-9(13)14/h8H,3-7H2,1-2H3,(H,13,14)(H2,11,12,15). The number of carbonyl (C=O) groups is 2. The molecule has 0 fully saturated rings. The molecule has 0 saturated heterocycles. The second-order valence-electron chi connectivity index (χ2n) is 3.77. The number of aliphatic carboxylic acids is 1. The molecule has 2 unspecified atom stereocenters. The highest BCUT2D eigenvalue weighted by atomic mass is 32.2. The van der Waals surface area contributed by atoms with E-state index in [1.807, 2.05) is 6.92 Å². The number of carboxylic acids is 1. The van der Waals surface area contributed by atoms with Gasteiger partial charge < -0.3 is 15.7 Å². The third-order valence-corrected chi connectivity index (χ3v) is 3.37. The van der Waals surface area contributed by atoms with Gasteiger partial charge in [0.15, 0.2) is 0 Å². The molecule has 0 aliphatic heterocycles. The Morgan fingerprint density at radius 2 is 2.00 bits per heavy atom. The third-order valence-electron chi connectivity index (χ3n) is 2.07. The Morgan fingerprint density at radius 3 is 2.53 bits per heavy atom. The van der Waals surface area contributed by atoms with Crippen molar-refractivity contribution in [2.75, 3.05) is 24.6 Å². The van der Waals surface area contributed by atoms with Crippen molar-refractivity contribution in [2.24, 2.45) is 5.92 Å². The van der Waals surface area contributed by atoms with Gasteiger partial charge in [-0.1, -0.05) is 13.8 Å². The Bertz CT molecular complexity index is 283. The summed E-state index contributed by atoms with van der Waals surface area (Å²) < 4.78 is 11.1. The van der Waals surface area contributed by atoms with Crippen LogP contribution < -0.4 is 10.6 Å². The molecule has 0 aromatic carbocycles. The number of hydrogen-bond donors (Lipinski definition) is 3. The monoisotopic (exact) mass is 264 g/mol. The van der Waals surface area contributed by atoms with Crippen LogP contribution in [0.2, 0.25) is 0 Å². The fraction of sp³-hybridized carbons (Fsp3) is 0.800. The van der Waals surface area contributed by atoms with E-state index in [0.717, 1.165) is 0 Å². The maximum absolute atomic E-state index is 11.2. The van der Waals surface area contributed by atoms with Crippen LogP contribution in [0.4, 0.5) is 4.79 Å². The summed E-state index contributed by atoms with van der Waals surface area (Å²) in [6.07, 6.45) is 0.0279. The summed E-state index contributed by atoms with van der Waals surface area (Å²) in [7, 11) is -0.884. The summed E-state index contributed by atoms with van der Waals surface area (Å²) in [5.74, 6) is 0.0363. The largest absolute Gasteiger partial charge is 0.481 e. The fourth-order valence-electron chi connectivity index (χ4n) is 1.12. The lowest BCUT2D eigenvalue weighted by Crippen LogP contribution is -2.39. The fourth-order valence-corrected chi connectivity index (χ4v) is 1.74. The van der Waals surface area contributed by atoms with Crippen LogP contribution in [0.25, 0.3) is 0 Å². The van der Waals surface area contributed by atoms with Crippen LogP contribution in [0.1, 0.15) is 20.3 Å². The van der Waals surface area contributed by atoms with Gasteiger partial charge in [-0.2, -0.15) is 0 Å². The molecule has 0 aromatic rings. The Balaban J connectivity index is 3.59. The first kappa shape index (κ1) is 15.9. The Labute approximate surface area is 104 Å². The van der Waals surface area contributed by atoms with Crippen molar-refractivity contribution >= 4 is 22.8 Å². The molecule has 0 saturated carbocycles. The molecule has 2 atom stereocenters. The van der Waals surface area contributed by atoms with Crippen molar-refractivity contribution in [3.05, 3.63) is 0 Å². The second-order valence-corrected chi connectivity index (χ2v) is 5.64. The van der Waals surface area contributed by atoms with Crippen molar-refractivity contribution < 1.29 is 18.9 Å². The molecule has 0 rings (SSSR count). The van der Waals surface area contributed by atoms with E-state index < -0.39 is 16.8 Å². The van der Waals surface area contributed by atoms with Crippen molar-refractivity contribution in [3.63, 3.8) is 0 Å². The highest BCUT2D eigenvalue weighted by Gasteiger charge is 2.09. The number of carboxylic acid groups (broad SMARTS) is 1.